The van der Waals surface area contributed by atoms with Crippen LogP contribution >= 0.6 is 23.5 Å². The van der Waals surface area contributed by atoms with E-state index in [4.69, 9.17) is 26.7 Å². The number of ketones is 2. The molecule has 0 aromatic rings. The Kier molecular flexibility index (Phi) is 23.2. The Morgan fingerprint density at radius 1 is 0.638 bits per heavy atom. The second kappa shape index (κ2) is 28.0. The van der Waals surface area contributed by atoms with Gasteiger partial charge in [-0.3, -0.25) is 24.1 Å². The first kappa shape index (κ1) is 48.0. The predicted octanol–water partition coefficient (Wildman–Crippen LogP) is 1.43. The lowest BCUT2D eigenvalue weighted by Gasteiger charge is -2.21. The second-order valence-corrected chi connectivity index (χ2v) is 18.4. The number of hydrogen-bond acceptors (Lipinski definition) is 16. The Balaban J connectivity index is 0.994. The van der Waals surface area contributed by atoms with Crippen LogP contribution in [0.4, 0.5) is 0 Å². The van der Waals surface area contributed by atoms with Gasteiger partial charge in [0.2, 0.25) is 11.8 Å². The number of ether oxygens (including phenoxy) is 2. The van der Waals surface area contributed by atoms with Crippen molar-refractivity contribution < 1.29 is 28.7 Å². The van der Waals surface area contributed by atoms with E-state index in [-0.39, 0.29) is 37.0 Å². The molecule has 0 aromatic carbocycles. The Morgan fingerprint density at radius 2 is 1.09 bits per heavy atom. The van der Waals surface area contributed by atoms with Gasteiger partial charge in [-0.25, -0.2) is 9.98 Å². The van der Waals surface area contributed by atoms with Crippen molar-refractivity contribution in [1.29, 1.82) is 0 Å². The fourth-order valence-corrected chi connectivity index (χ4v) is 10.9. The van der Waals surface area contributed by atoms with Crippen LogP contribution in [0, 0.1) is 0 Å². The van der Waals surface area contributed by atoms with E-state index in [1.165, 1.54) is 0 Å². The van der Waals surface area contributed by atoms with Gasteiger partial charge in [-0.15, -0.1) is 0 Å². The van der Waals surface area contributed by atoms with Gasteiger partial charge < -0.3 is 47.9 Å². The van der Waals surface area contributed by atoms with Gasteiger partial charge in [0.05, 0.1) is 63.7 Å². The number of fused-ring (bicyclic) bond motifs is 2. The maximum absolute atomic E-state index is 12.8. The van der Waals surface area contributed by atoms with Gasteiger partial charge in [0.15, 0.2) is 11.9 Å². The molecule has 16 nitrogen and oxygen atoms in total. The molecule has 0 bridgehead atoms. The van der Waals surface area contributed by atoms with Crippen molar-refractivity contribution in [3.63, 3.8) is 0 Å². The third-order valence-electron chi connectivity index (χ3n) is 11.0. The molecular formula is C40H72N10O6S2. The molecule has 0 saturated carbocycles. The average Bonchev–Trinajstić information content (AvgIpc) is 3.96. The highest BCUT2D eigenvalue weighted by molar-refractivity contribution is 8.00. The first-order valence-electron chi connectivity index (χ1n) is 21.8. The van der Waals surface area contributed by atoms with E-state index >= 15 is 0 Å². The minimum atomic E-state index is -0.148. The number of amides is 2. The minimum absolute atomic E-state index is 0.0818. The van der Waals surface area contributed by atoms with Crippen molar-refractivity contribution in [2.24, 2.45) is 27.2 Å². The lowest BCUT2D eigenvalue weighted by atomic mass is 10.0. The first-order chi connectivity index (χ1) is 28.2. The highest BCUT2D eigenvalue weighted by Gasteiger charge is 2.41. The zero-order chi connectivity index (χ0) is 41.4. The average molecular weight is 853 g/mol. The maximum atomic E-state index is 12.8. The molecule has 10 N–H and O–H groups in total. The molecule has 4 aliphatic heterocycles. The molecule has 4 heterocycles. The molecule has 330 valence electrons. The normalized spacial score (nSPS) is 23.2. The van der Waals surface area contributed by atoms with Crippen LogP contribution in [-0.2, 0) is 28.7 Å². The van der Waals surface area contributed by atoms with Gasteiger partial charge in [-0.2, -0.15) is 23.5 Å². The topological polar surface area (TPSA) is 241 Å². The number of Topliss-reactive ketones (excluding diaryl/α,β-unsaturated/α-hetero) is 2. The van der Waals surface area contributed by atoms with Crippen LogP contribution in [0.2, 0.25) is 0 Å². The van der Waals surface area contributed by atoms with Crippen molar-refractivity contribution in [1.82, 2.24) is 26.2 Å². The number of aliphatic imine (C=N–C) groups is 2. The number of nitrogens with two attached hydrogens (primary N) is 3. The molecule has 2 saturated heterocycles. The van der Waals surface area contributed by atoms with Crippen molar-refractivity contribution in [2.45, 2.75) is 137 Å². The van der Waals surface area contributed by atoms with Crippen molar-refractivity contribution >= 4 is 58.8 Å². The Labute approximate surface area is 354 Å². The molecule has 4 rings (SSSR count). The third kappa shape index (κ3) is 18.7. The molecule has 0 aromatic heterocycles. The quantitative estimate of drug-likeness (QED) is 0.0454. The van der Waals surface area contributed by atoms with E-state index in [0.717, 1.165) is 88.6 Å². The van der Waals surface area contributed by atoms with Gasteiger partial charge in [-0.05, 0) is 51.4 Å². The smallest absolute Gasteiger partial charge is 0.234 e. The summed E-state index contributed by atoms with van der Waals surface area (Å²) >= 11 is 3.91. The fourth-order valence-electron chi connectivity index (χ4n) is 7.87. The maximum Gasteiger partial charge on any atom is 0.234 e. The summed E-state index contributed by atoms with van der Waals surface area (Å²) in [4.78, 5) is 61.3. The Hall–Kier alpha value is -2.64. The highest BCUT2D eigenvalue weighted by atomic mass is 32.2. The van der Waals surface area contributed by atoms with Crippen LogP contribution in [0.15, 0.2) is 9.98 Å². The zero-order valence-electron chi connectivity index (χ0n) is 34.6. The Bertz CT molecular complexity index is 1240. The van der Waals surface area contributed by atoms with Crippen LogP contribution in [-0.4, -0.2) is 152 Å². The summed E-state index contributed by atoms with van der Waals surface area (Å²) in [6, 6.07) is 1.27. The molecular weight excluding hydrogens is 781 g/mol. The predicted molar refractivity (Wildman–Crippen MR) is 234 cm³/mol. The second-order valence-electron chi connectivity index (χ2n) is 15.9. The summed E-state index contributed by atoms with van der Waals surface area (Å²) in [6.07, 6.45) is 13.4. The molecule has 0 spiro atoms. The summed E-state index contributed by atoms with van der Waals surface area (Å²) in [7, 11) is 0. The molecule has 18 heteroatoms. The molecule has 4 aliphatic rings. The number of nitrogens with one attached hydrogen (secondary N) is 4. The van der Waals surface area contributed by atoms with Gasteiger partial charge in [0, 0.05) is 73.9 Å². The fraction of sp³-hybridized carbons (Fsp3) is 0.850. The Morgan fingerprint density at radius 3 is 1.55 bits per heavy atom. The first-order valence-corrected chi connectivity index (χ1v) is 23.9. The molecule has 0 radical (unpaired) electrons. The number of unbranched alkanes of at least 4 members (excludes halogenated alkanes) is 6. The summed E-state index contributed by atoms with van der Waals surface area (Å²) < 4.78 is 11.0. The van der Waals surface area contributed by atoms with Crippen molar-refractivity contribution in [3.05, 3.63) is 0 Å². The number of carbonyl (C=O) groups excluding carboxylic acids is 4. The van der Waals surface area contributed by atoms with E-state index in [9.17, 15) is 19.2 Å². The van der Waals surface area contributed by atoms with Crippen molar-refractivity contribution in [2.75, 3.05) is 77.2 Å². The zero-order valence-corrected chi connectivity index (χ0v) is 36.2. The summed E-state index contributed by atoms with van der Waals surface area (Å²) in [5.41, 5.74) is 17.1. The molecule has 0 unspecified atom stereocenters. The van der Waals surface area contributed by atoms with Crippen LogP contribution in [0.3, 0.4) is 0 Å². The summed E-state index contributed by atoms with van der Waals surface area (Å²) in [5.74, 6) is 3.51. The van der Waals surface area contributed by atoms with Crippen LogP contribution in [0.1, 0.15) is 103 Å². The molecule has 2 amide bonds. The number of guanidine groups is 2. The van der Waals surface area contributed by atoms with E-state index in [1.807, 2.05) is 23.5 Å². The van der Waals surface area contributed by atoms with Crippen LogP contribution in [0.5, 0.6) is 0 Å². The van der Waals surface area contributed by atoms with Crippen LogP contribution in [0.25, 0.3) is 0 Å². The van der Waals surface area contributed by atoms with E-state index in [2.05, 4.69) is 31.3 Å². The molecule has 58 heavy (non-hydrogen) atoms. The number of thioether (sulfide) groups is 2. The monoisotopic (exact) mass is 853 g/mol. The SMILES string of the molecule is NCCOCCOCCN(CC(=O)NCCCCCC(=O)CCCC[C@@H]1SC[C@@H]2NC(N)=N[C@@H]21)CC(=O)NCCCCCC(=O)CCCC[C@@H]1SC[C@@H]2NC(N)=N[C@@H]21. The summed E-state index contributed by atoms with van der Waals surface area (Å²) in [6.45, 7) is 3.76. The lowest BCUT2D eigenvalue weighted by molar-refractivity contribution is -0.125. The standard InChI is InChI=1S/C40H72N10O6S2/c41-17-21-55-23-24-56-22-20-50(25-35(53)44-18-9-1-3-11-29(51)13-5-7-15-33-37-31(27-57-33)46-39(42)48-37)26-36(54)45-19-10-2-4-12-30(52)14-6-8-16-34-38-32(28-58-34)47-40(43)49-38/h31-34,37-38H,1-28,41H2,(H,44,53)(H,45,54)(H3,42,46,48)(H3,43,47,49)/t31-,32-,33-,34-,37-,38-/m0/s1. The van der Waals surface area contributed by atoms with Gasteiger partial charge >= 0.3 is 0 Å². The number of carbonyl (C=O) groups is 4. The number of nitrogens with zero attached hydrogens (tertiary/aromatic N) is 3. The largest absolute Gasteiger partial charge is 0.378 e. The number of hydrogen-bond donors (Lipinski definition) is 7. The molecule has 2 fully saturated rings. The minimum Gasteiger partial charge on any atom is -0.378 e. The van der Waals surface area contributed by atoms with Crippen LogP contribution < -0.4 is 38.5 Å². The summed E-state index contributed by atoms with van der Waals surface area (Å²) in [5, 5.41) is 13.4. The highest BCUT2D eigenvalue weighted by Crippen LogP contribution is 2.36. The lowest BCUT2D eigenvalue weighted by Crippen LogP contribution is -2.44. The van der Waals surface area contributed by atoms with Gasteiger partial charge in [0.25, 0.3) is 0 Å². The molecule has 6 atom stereocenters. The van der Waals surface area contributed by atoms with E-state index in [1.54, 1.807) is 4.90 Å². The third-order valence-corrected chi connectivity index (χ3v) is 14.0. The van der Waals surface area contributed by atoms with E-state index in [0.29, 0.717) is 124 Å². The van der Waals surface area contributed by atoms with Gasteiger partial charge in [-0.1, -0.05) is 25.7 Å². The number of rotatable bonds is 34. The van der Waals surface area contributed by atoms with Gasteiger partial charge in [0.1, 0.15) is 11.6 Å². The molecule has 0 aliphatic carbocycles. The van der Waals surface area contributed by atoms with E-state index < -0.39 is 0 Å². The van der Waals surface area contributed by atoms with Crippen molar-refractivity contribution in [3.8, 4) is 0 Å².